The van der Waals surface area contributed by atoms with Crippen LogP contribution in [0.15, 0.2) is 6.07 Å². The van der Waals surface area contributed by atoms with Crippen LogP contribution in [0.25, 0.3) is 0 Å². The van der Waals surface area contributed by atoms with E-state index in [9.17, 15) is 0 Å². The highest BCUT2D eigenvalue weighted by Gasteiger charge is 2.18. The first-order chi connectivity index (χ1) is 9.58. The highest BCUT2D eigenvalue weighted by molar-refractivity contribution is 5.33. The molecule has 1 unspecified atom stereocenters. The third kappa shape index (κ3) is 4.05. The fourth-order valence-electron chi connectivity index (χ4n) is 3.75. The van der Waals surface area contributed by atoms with Crippen LogP contribution in [0.5, 0.6) is 0 Å². The summed E-state index contributed by atoms with van der Waals surface area (Å²) in [5, 5.41) is 3.86. The van der Waals surface area contributed by atoms with E-state index in [2.05, 4.69) is 44.1 Å². The zero-order valence-electron chi connectivity index (χ0n) is 13.6. The third-order valence-corrected chi connectivity index (χ3v) is 4.61. The number of aromatic nitrogens is 1. The molecular formula is C18H30N2. The number of pyridine rings is 1. The second kappa shape index (κ2) is 7.21. The van der Waals surface area contributed by atoms with Crippen LogP contribution in [-0.2, 0) is 0 Å². The number of aryl methyl sites for hydroxylation is 3. The molecule has 1 atom stereocenters. The van der Waals surface area contributed by atoms with E-state index >= 15 is 0 Å². The molecule has 0 aromatic carbocycles. The molecule has 1 aromatic rings. The fraction of sp³-hybridized carbons (Fsp3) is 0.722. The van der Waals surface area contributed by atoms with Crippen LogP contribution in [0.4, 0.5) is 0 Å². The van der Waals surface area contributed by atoms with Crippen LogP contribution < -0.4 is 5.32 Å². The number of nitrogens with one attached hydrogen (secondary N) is 1. The molecule has 112 valence electrons. The lowest BCUT2D eigenvalue weighted by Gasteiger charge is -2.27. The van der Waals surface area contributed by atoms with Crippen molar-refractivity contribution in [2.24, 2.45) is 0 Å². The van der Waals surface area contributed by atoms with Crippen LogP contribution in [0.3, 0.4) is 0 Å². The average Bonchev–Trinajstić information content (AvgIpc) is 2.31. The van der Waals surface area contributed by atoms with Crippen molar-refractivity contribution in [3.05, 3.63) is 28.6 Å². The third-order valence-electron chi connectivity index (χ3n) is 4.61. The Kier molecular flexibility index (Phi) is 5.59. The molecule has 0 saturated heterocycles. The predicted octanol–water partition coefficient (Wildman–Crippen LogP) is 4.77. The summed E-state index contributed by atoms with van der Waals surface area (Å²) in [5.41, 5.74) is 5.09. The fourth-order valence-corrected chi connectivity index (χ4v) is 3.75. The van der Waals surface area contributed by atoms with Crippen molar-refractivity contribution >= 4 is 0 Å². The maximum atomic E-state index is 4.64. The molecule has 0 bridgehead atoms. The molecule has 0 spiro atoms. The smallest absolute Gasteiger partial charge is 0.0426 e. The quantitative estimate of drug-likeness (QED) is 0.858. The Morgan fingerprint density at radius 3 is 2.25 bits per heavy atom. The first-order valence-corrected chi connectivity index (χ1v) is 8.28. The molecule has 20 heavy (non-hydrogen) atoms. The van der Waals surface area contributed by atoms with Crippen LogP contribution in [0, 0.1) is 20.8 Å². The Labute approximate surface area is 124 Å². The van der Waals surface area contributed by atoms with Crippen molar-refractivity contribution in [3.8, 4) is 0 Å². The van der Waals surface area contributed by atoms with Crippen LogP contribution in [0.1, 0.15) is 80.4 Å². The van der Waals surface area contributed by atoms with E-state index in [4.69, 9.17) is 0 Å². The summed E-state index contributed by atoms with van der Waals surface area (Å²) < 4.78 is 0. The second-order valence-corrected chi connectivity index (χ2v) is 6.51. The number of hydrogen-bond acceptors (Lipinski definition) is 2. The molecule has 2 nitrogen and oxygen atoms in total. The van der Waals surface area contributed by atoms with Gasteiger partial charge < -0.3 is 5.32 Å². The highest BCUT2D eigenvalue weighted by Crippen LogP contribution is 2.24. The molecule has 1 aromatic heterocycles. The van der Waals surface area contributed by atoms with Gasteiger partial charge in [-0.25, -0.2) is 0 Å². The van der Waals surface area contributed by atoms with Crippen molar-refractivity contribution in [2.45, 2.75) is 84.7 Å². The monoisotopic (exact) mass is 274 g/mol. The predicted molar refractivity (Wildman–Crippen MR) is 86.1 cm³/mol. The molecule has 1 aliphatic rings. The summed E-state index contributed by atoms with van der Waals surface area (Å²) in [6.45, 7) is 8.74. The van der Waals surface area contributed by atoms with E-state index in [1.807, 2.05) is 0 Å². The van der Waals surface area contributed by atoms with Gasteiger partial charge in [-0.15, -0.1) is 0 Å². The van der Waals surface area contributed by atoms with Crippen molar-refractivity contribution < 1.29 is 0 Å². The van der Waals surface area contributed by atoms with Crippen molar-refractivity contribution in [1.82, 2.24) is 10.3 Å². The topological polar surface area (TPSA) is 24.9 Å². The standard InChI is InChI=1S/C18H30N2/c1-13-12-14(2)19-15(3)18(13)16(4)20-17-10-8-6-5-7-9-11-17/h12,16-17,20H,5-11H2,1-4H3. The zero-order valence-corrected chi connectivity index (χ0v) is 13.6. The average molecular weight is 274 g/mol. The van der Waals surface area contributed by atoms with Crippen molar-refractivity contribution in [2.75, 3.05) is 0 Å². The molecular weight excluding hydrogens is 244 g/mol. The molecule has 0 aliphatic heterocycles. The molecule has 1 aliphatic carbocycles. The lowest BCUT2D eigenvalue weighted by atomic mass is 9.94. The van der Waals surface area contributed by atoms with Gasteiger partial charge in [0.05, 0.1) is 0 Å². The summed E-state index contributed by atoms with van der Waals surface area (Å²) in [6.07, 6.45) is 9.70. The van der Waals surface area contributed by atoms with Crippen LogP contribution >= 0.6 is 0 Å². The number of rotatable bonds is 3. The summed E-state index contributed by atoms with van der Waals surface area (Å²) in [4.78, 5) is 4.64. The minimum absolute atomic E-state index is 0.410. The summed E-state index contributed by atoms with van der Waals surface area (Å²) in [7, 11) is 0. The van der Waals surface area contributed by atoms with Gasteiger partial charge in [0.2, 0.25) is 0 Å². The molecule has 2 heteroatoms. The van der Waals surface area contributed by atoms with Gasteiger partial charge >= 0.3 is 0 Å². The van der Waals surface area contributed by atoms with E-state index in [0.717, 1.165) is 5.69 Å². The highest BCUT2D eigenvalue weighted by atomic mass is 14.9. The first-order valence-electron chi connectivity index (χ1n) is 8.28. The van der Waals surface area contributed by atoms with E-state index in [1.54, 1.807) is 0 Å². The van der Waals surface area contributed by atoms with Gasteiger partial charge in [-0.05, 0) is 57.7 Å². The van der Waals surface area contributed by atoms with Gasteiger partial charge in [-0.3, -0.25) is 4.98 Å². The normalized spacial score (nSPS) is 19.4. The van der Waals surface area contributed by atoms with Crippen molar-refractivity contribution in [3.63, 3.8) is 0 Å². The molecule has 1 fully saturated rings. The molecule has 2 rings (SSSR count). The molecule has 1 N–H and O–H groups in total. The van der Waals surface area contributed by atoms with E-state index in [-0.39, 0.29) is 0 Å². The lowest BCUT2D eigenvalue weighted by molar-refractivity contribution is 0.361. The van der Waals surface area contributed by atoms with Gasteiger partial charge in [0.15, 0.2) is 0 Å². The second-order valence-electron chi connectivity index (χ2n) is 6.51. The Morgan fingerprint density at radius 1 is 1.05 bits per heavy atom. The summed E-state index contributed by atoms with van der Waals surface area (Å²) >= 11 is 0. The minimum Gasteiger partial charge on any atom is -0.307 e. The van der Waals surface area contributed by atoms with E-state index in [1.165, 1.54) is 61.8 Å². The number of hydrogen-bond donors (Lipinski definition) is 1. The molecule has 1 heterocycles. The van der Waals surface area contributed by atoms with Gasteiger partial charge in [-0.1, -0.05) is 32.1 Å². The van der Waals surface area contributed by atoms with E-state index < -0.39 is 0 Å². The lowest BCUT2D eigenvalue weighted by Crippen LogP contribution is -2.33. The van der Waals surface area contributed by atoms with Gasteiger partial charge in [0.25, 0.3) is 0 Å². The Hall–Kier alpha value is -0.890. The zero-order chi connectivity index (χ0) is 14.5. The van der Waals surface area contributed by atoms with Crippen LogP contribution in [0.2, 0.25) is 0 Å². The SMILES string of the molecule is Cc1cc(C)c(C(C)NC2CCCCCCC2)c(C)n1. The minimum atomic E-state index is 0.410. The van der Waals surface area contributed by atoms with Gasteiger partial charge in [0, 0.05) is 23.5 Å². The van der Waals surface area contributed by atoms with E-state index in [0.29, 0.717) is 12.1 Å². The Bertz CT molecular complexity index is 408. The van der Waals surface area contributed by atoms with Gasteiger partial charge in [0.1, 0.15) is 0 Å². The summed E-state index contributed by atoms with van der Waals surface area (Å²) in [5.74, 6) is 0. The molecule has 0 amide bonds. The number of nitrogens with zero attached hydrogens (tertiary/aromatic N) is 1. The molecule has 1 saturated carbocycles. The van der Waals surface area contributed by atoms with Gasteiger partial charge in [-0.2, -0.15) is 0 Å². The van der Waals surface area contributed by atoms with Crippen molar-refractivity contribution in [1.29, 1.82) is 0 Å². The maximum Gasteiger partial charge on any atom is 0.0426 e. The largest absolute Gasteiger partial charge is 0.307 e. The first kappa shape index (κ1) is 15.5. The Morgan fingerprint density at radius 2 is 1.65 bits per heavy atom. The summed E-state index contributed by atoms with van der Waals surface area (Å²) in [6, 6.07) is 3.30. The Balaban J connectivity index is 2.05. The maximum absolute atomic E-state index is 4.64. The van der Waals surface area contributed by atoms with Crippen LogP contribution in [-0.4, -0.2) is 11.0 Å². The molecule has 0 radical (unpaired) electrons.